The molecule has 2 rings (SSSR count). The molecule has 2 aromatic rings. The molecule has 0 radical (unpaired) electrons. The first-order valence-electron chi connectivity index (χ1n) is 5.06. The molecule has 0 aliphatic heterocycles. The van der Waals surface area contributed by atoms with Gasteiger partial charge in [0, 0.05) is 16.4 Å². The molecule has 0 bridgehead atoms. The maximum absolute atomic E-state index is 12.3. The van der Waals surface area contributed by atoms with Gasteiger partial charge >= 0.3 is 0 Å². The third-order valence-corrected chi connectivity index (χ3v) is 4.32. The van der Waals surface area contributed by atoms with Crippen molar-refractivity contribution < 1.29 is 8.42 Å². The van der Waals surface area contributed by atoms with E-state index in [0.717, 1.165) is 0 Å². The summed E-state index contributed by atoms with van der Waals surface area (Å²) in [6, 6.07) is 10.3. The van der Waals surface area contributed by atoms with E-state index in [4.69, 9.17) is 23.1 Å². The highest BCUT2D eigenvalue weighted by Gasteiger charge is 2.18. The Labute approximate surface area is 110 Å². The summed E-state index contributed by atoms with van der Waals surface area (Å²) in [6.45, 7) is 0. The van der Waals surface area contributed by atoms with Crippen molar-refractivity contribution in [2.75, 3.05) is 11.5 Å². The Bertz CT molecular complexity index is 679. The summed E-state index contributed by atoms with van der Waals surface area (Å²) in [5.74, 6) is 0. The average molecular weight is 283 g/mol. The van der Waals surface area contributed by atoms with Crippen LogP contribution in [0.25, 0.3) is 0 Å². The zero-order valence-corrected chi connectivity index (χ0v) is 10.9. The predicted octanol–water partition coefficient (Wildman–Crippen LogP) is 2.34. The summed E-state index contributed by atoms with van der Waals surface area (Å²) >= 11 is 5.81. The Hall–Kier alpha value is -1.72. The van der Waals surface area contributed by atoms with E-state index in [0.29, 0.717) is 11.4 Å². The first-order chi connectivity index (χ1) is 8.39. The fourth-order valence-corrected chi connectivity index (χ4v) is 3.26. The quantitative estimate of drug-likeness (QED) is 0.828. The molecule has 0 saturated heterocycles. The number of nitrogens with two attached hydrogens (primary N) is 2. The van der Waals surface area contributed by atoms with Gasteiger partial charge in [0.15, 0.2) is 0 Å². The van der Waals surface area contributed by atoms with Crippen LogP contribution in [0.2, 0.25) is 5.02 Å². The Kier molecular flexibility index (Phi) is 3.19. The molecule has 2 aromatic carbocycles. The van der Waals surface area contributed by atoms with Crippen molar-refractivity contribution in [3.05, 3.63) is 47.5 Å². The lowest BCUT2D eigenvalue weighted by atomic mass is 10.3. The minimum Gasteiger partial charge on any atom is -0.399 e. The zero-order chi connectivity index (χ0) is 13.3. The molecular weight excluding hydrogens is 272 g/mol. The highest BCUT2D eigenvalue weighted by Crippen LogP contribution is 2.26. The minimum atomic E-state index is -3.65. The molecular formula is C12H11ClN2O2S. The molecule has 4 N–H and O–H groups in total. The Balaban J connectivity index is 2.61. The number of halogens is 1. The summed E-state index contributed by atoms with van der Waals surface area (Å²) in [7, 11) is -3.65. The highest BCUT2D eigenvalue weighted by molar-refractivity contribution is 7.91. The van der Waals surface area contributed by atoms with Gasteiger partial charge in [-0.1, -0.05) is 17.7 Å². The summed E-state index contributed by atoms with van der Waals surface area (Å²) in [5, 5.41) is 0.275. The van der Waals surface area contributed by atoms with Gasteiger partial charge in [-0.3, -0.25) is 0 Å². The van der Waals surface area contributed by atoms with Gasteiger partial charge in [-0.2, -0.15) is 0 Å². The normalized spacial score (nSPS) is 11.4. The van der Waals surface area contributed by atoms with Gasteiger partial charge in [0.1, 0.15) is 0 Å². The molecule has 0 amide bonds. The molecule has 4 nitrogen and oxygen atoms in total. The van der Waals surface area contributed by atoms with Crippen molar-refractivity contribution >= 4 is 32.8 Å². The van der Waals surface area contributed by atoms with Crippen molar-refractivity contribution in [1.29, 1.82) is 0 Å². The molecule has 0 fully saturated rings. The van der Waals surface area contributed by atoms with Crippen LogP contribution < -0.4 is 11.5 Å². The number of anilines is 2. The molecule has 0 spiro atoms. The Morgan fingerprint density at radius 3 is 2.17 bits per heavy atom. The zero-order valence-electron chi connectivity index (χ0n) is 9.30. The van der Waals surface area contributed by atoms with E-state index in [1.165, 1.54) is 30.3 Å². The fourth-order valence-electron chi connectivity index (χ4n) is 1.56. The molecule has 18 heavy (non-hydrogen) atoms. The van der Waals surface area contributed by atoms with Crippen molar-refractivity contribution in [3.63, 3.8) is 0 Å². The summed E-state index contributed by atoms with van der Waals surface area (Å²) in [4.78, 5) is 0.169. The van der Waals surface area contributed by atoms with Gasteiger partial charge in [0.2, 0.25) is 9.84 Å². The second-order valence-electron chi connectivity index (χ2n) is 3.80. The molecule has 6 heteroatoms. The molecule has 0 aliphatic rings. The van der Waals surface area contributed by atoms with Crippen molar-refractivity contribution in [1.82, 2.24) is 0 Å². The van der Waals surface area contributed by atoms with E-state index in [1.807, 2.05) is 0 Å². The van der Waals surface area contributed by atoms with E-state index < -0.39 is 9.84 Å². The van der Waals surface area contributed by atoms with Crippen LogP contribution in [-0.4, -0.2) is 8.42 Å². The first kappa shape index (κ1) is 12.7. The van der Waals surface area contributed by atoms with Crippen LogP contribution in [0.5, 0.6) is 0 Å². The summed E-state index contributed by atoms with van der Waals surface area (Å²) in [6.07, 6.45) is 0. The number of rotatable bonds is 2. The van der Waals surface area contributed by atoms with Crippen LogP contribution in [0.15, 0.2) is 52.3 Å². The lowest BCUT2D eigenvalue weighted by Crippen LogP contribution is -2.03. The van der Waals surface area contributed by atoms with E-state index in [1.54, 1.807) is 12.1 Å². The third-order valence-electron chi connectivity index (χ3n) is 2.37. The predicted molar refractivity (Wildman–Crippen MR) is 72.2 cm³/mol. The number of sulfone groups is 1. The van der Waals surface area contributed by atoms with Crippen LogP contribution in [0, 0.1) is 0 Å². The van der Waals surface area contributed by atoms with Crippen LogP contribution in [0.1, 0.15) is 0 Å². The lowest BCUT2D eigenvalue weighted by Gasteiger charge is -2.07. The second kappa shape index (κ2) is 4.51. The second-order valence-corrected chi connectivity index (χ2v) is 6.18. The number of benzene rings is 2. The monoisotopic (exact) mass is 282 g/mol. The highest BCUT2D eigenvalue weighted by atomic mass is 35.5. The minimum absolute atomic E-state index is 0.0538. The first-order valence-corrected chi connectivity index (χ1v) is 6.92. The molecule has 0 atom stereocenters. The Morgan fingerprint density at radius 1 is 0.889 bits per heavy atom. The van der Waals surface area contributed by atoms with Crippen molar-refractivity contribution in [2.45, 2.75) is 9.79 Å². The van der Waals surface area contributed by atoms with Crippen LogP contribution in [-0.2, 0) is 9.84 Å². The van der Waals surface area contributed by atoms with Gasteiger partial charge in [0.25, 0.3) is 0 Å². The maximum atomic E-state index is 12.3. The molecule has 0 aliphatic carbocycles. The van der Waals surface area contributed by atoms with Crippen LogP contribution in [0.4, 0.5) is 11.4 Å². The molecule has 0 saturated carbocycles. The number of nitrogen functional groups attached to an aromatic ring is 2. The van der Waals surface area contributed by atoms with Gasteiger partial charge in [-0.25, -0.2) is 8.42 Å². The van der Waals surface area contributed by atoms with Gasteiger partial charge in [0.05, 0.1) is 9.79 Å². The maximum Gasteiger partial charge on any atom is 0.206 e. The fraction of sp³-hybridized carbons (Fsp3) is 0. The van der Waals surface area contributed by atoms with Crippen molar-refractivity contribution in [3.8, 4) is 0 Å². The summed E-state index contributed by atoms with van der Waals surface area (Å²) in [5.41, 5.74) is 11.8. The topological polar surface area (TPSA) is 86.2 Å². The largest absolute Gasteiger partial charge is 0.399 e. The molecule has 0 unspecified atom stereocenters. The van der Waals surface area contributed by atoms with Crippen LogP contribution >= 0.6 is 11.6 Å². The smallest absolute Gasteiger partial charge is 0.206 e. The van der Waals surface area contributed by atoms with Crippen molar-refractivity contribution in [2.24, 2.45) is 0 Å². The average Bonchev–Trinajstić information content (AvgIpc) is 2.27. The van der Waals surface area contributed by atoms with Gasteiger partial charge in [-0.15, -0.1) is 0 Å². The van der Waals surface area contributed by atoms with E-state index in [2.05, 4.69) is 0 Å². The molecule has 94 valence electrons. The van der Waals surface area contributed by atoms with Gasteiger partial charge < -0.3 is 11.5 Å². The standard InChI is InChI=1S/C12H11ClN2O2S/c13-8-4-10(15)7-12(5-8)18(16,17)11-3-1-2-9(14)6-11/h1-7H,14-15H2. The van der Waals surface area contributed by atoms with E-state index >= 15 is 0 Å². The Morgan fingerprint density at radius 2 is 1.56 bits per heavy atom. The van der Waals surface area contributed by atoms with Gasteiger partial charge in [-0.05, 0) is 36.4 Å². The third kappa shape index (κ3) is 2.42. The molecule has 0 heterocycles. The lowest BCUT2D eigenvalue weighted by molar-refractivity contribution is 0.596. The van der Waals surface area contributed by atoms with E-state index in [-0.39, 0.29) is 14.8 Å². The SMILES string of the molecule is Nc1cccc(S(=O)(=O)c2cc(N)cc(Cl)c2)c1. The molecule has 0 aromatic heterocycles. The van der Waals surface area contributed by atoms with Crippen LogP contribution in [0.3, 0.4) is 0 Å². The van der Waals surface area contributed by atoms with E-state index in [9.17, 15) is 8.42 Å². The number of hydrogen-bond acceptors (Lipinski definition) is 4. The number of hydrogen-bond donors (Lipinski definition) is 2. The summed E-state index contributed by atoms with van der Waals surface area (Å²) < 4.78 is 24.6.